The second-order valence-corrected chi connectivity index (χ2v) is 3.88. The first kappa shape index (κ1) is 10.4. The Bertz CT molecular complexity index is 547. The van der Waals surface area contributed by atoms with Gasteiger partial charge in [-0.15, -0.1) is 0 Å². The van der Waals surface area contributed by atoms with Crippen molar-refractivity contribution in [2.45, 2.75) is 20.3 Å². The first-order valence-corrected chi connectivity index (χ1v) is 5.20. The number of hydrogen-bond acceptors (Lipinski definition) is 2. The molecule has 1 heterocycles. The molecule has 0 fully saturated rings. The number of nitrogens with zero attached hydrogens (tertiary/aromatic N) is 3. The van der Waals surface area contributed by atoms with E-state index in [1.54, 1.807) is 0 Å². The van der Waals surface area contributed by atoms with Crippen LogP contribution in [0.15, 0.2) is 30.5 Å². The molecular formula is C13H13N3. The molecule has 1 aromatic heterocycles. The van der Waals surface area contributed by atoms with Crippen LogP contribution in [-0.4, -0.2) is 9.78 Å². The molecule has 0 aliphatic carbocycles. The molecule has 2 aromatic rings. The van der Waals surface area contributed by atoms with Crippen molar-refractivity contribution < 1.29 is 0 Å². The predicted molar refractivity (Wildman–Crippen MR) is 62.4 cm³/mol. The predicted octanol–water partition coefficient (Wildman–Crippen LogP) is 2.56. The summed E-state index contributed by atoms with van der Waals surface area (Å²) in [6.45, 7) is 4.13. The zero-order chi connectivity index (χ0) is 11.5. The van der Waals surface area contributed by atoms with Gasteiger partial charge in [0.05, 0.1) is 23.9 Å². The van der Waals surface area contributed by atoms with Crippen LogP contribution in [0.3, 0.4) is 0 Å². The number of rotatable bonds is 2. The first-order chi connectivity index (χ1) is 7.70. The zero-order valence-electron chi connectivity index (χ0n) is 9.44. The highest BCUT2D eigenvalue weighted by Crippen LogP contribution is 2.15. The topological polar surface area (TPSA) is 41.6 Å². The lowest BCUT2D eigenvalue weighted by atomic mass is 10.1. The zero-order valence-corrected chi connectivity index (χ0v) is 9.44. The molecule has 16 heavy (non-hydrogen) atoms. The molecule has 0 bridgehead atoms. The Hall–Kier alpha value is -2.08. The highest BCUT2D eigenvalue weighted by atomic mass is 15.3. The molecule has 0 radical (unpaired) electrons. The van der Waals surface area contributed by atoms with Crippen LogP contribution in [0, 0.1) is 25.2 Å². The summed E-state index contributed by atoms with van der Waals surface area (Å²) in [6.07, 6.45) is 2.25. The molecule has 0 N–H and O–H groups in total. The molecule has 0 aliphatic rings. The van der Waals surface area contributed by atoms with E-state index >= 15 is 0 Å². The van der Waals surface area contributed by atoms with Gasteiger partial charge in [0, 0.05) is 6.20 Å². The minimum absolute atomic E-state index is 0.359. The van der Waals surface area contributed by atoms with E-state index in [1.165, 1.54) is 11.1 Å². The second kappa shape index (κ2) is 4.19. The minimum atomic E-state index is 0.359. The van der Waals surface area contributed by atoms with Crippen molar-refractivity contribution in [1.29, 1.82) is 5.26 Å². The fraction of sp³-hybridized carbons (Fsp3) is 0.231. The molecule has 2 rings (SSSR count). The monoisotopic (exact) mass is 211 g/mol. The normalized spacial score (nSPS) is 10.1. The molecule has 3 nitrogen and oxygen atoms in total. The maximum absolute atomic E-state index is 8.59. The van der Waals surface area contributed by atoms with Crippen LogP contribution < -0.4 is 0 Å². The van der Waals surface area contributed by atoms with Gasteiger partial charge in [0.1, 0.15) is 0 Å². The first-order valence-electron chi connectivity index (χ1n) is 5.20. The van der Waals surface area contributed by atoms with Crippen LogP contribution >= 0.6 is 0 Å². The van der Waals surface area contributed by atoms with Crippen molar-refractivity contribution in [2.75, 3.05) is 0 Å². The molecule has 0 saturated carbocycles. The molecule has 3 heteroatoms. The summed E-state index contributed by atoms with van der Waals surface area (Å²) >= 11 is 0. The van der Waals surface area contributed by atoms with E-state index in [2.05, 4.69) is 37.1 Å². The van der Waals surface area contributed by atoms with E-state index in [0.717, 1.165) is 11.4 Å². The maximum atomic E-state index is 8.59. The van der Waals surface area contributed by atoms with Crippen LogP contribution in [0.2, 0.25) is 0 Å². The molecule has 0 saturated heterocycles. The molecule has 0 unspecified atom stereocenters. The van der Waals surface area contributed by atoms with Crippen molar-refractivity contribution in [2.24, 2.45) is 0 Å². The molecule has 0 amide bonds. The lowest BCUT2D eigenvalue weighted by molar-refractivity contribution is 0.846. The third-order valence-corrected chi connectivity index (χ3v) is 2.50. The number of benzene rings is 1. The Labute approximate surface area is 94.9 Å². The smallest absolute Gasteiger partial charge is 0.0793 e. The Balaban J connectivity index is 2.39. The van der Waals surface area contributed by atoms with E-state index < -0.39 is 0 Å². The molecule has 80 valence electrons. The van der Waals surface area contributed by atoms with Crippen LogP contribution in [-0.2, 0) is 6.42 Å². The van der Waals surface area contributed by atoms with E-state index in [0.29, 0.717) is 6.42 Å². The summed E-state index contributed by atoms with van der Waals surface area (Å²) in [4.78, 5) is 0. The summed E-state index contributed by atoms with van der Waals surface area (Å²) in [6, 6.07) is 10.2. The van der Waals surface area contributed by atoms with Gasteiger partial charge in [-0.1, -0.05) is 17.7 Å². The molecular weight excluding hydrogens is 198 g/mol. The van der Waals surface area contributed by atoms with E-state index in [-0.39, 0.29) is 0 Å². The van der Waals surface area contributed by atoms with Gasteiger partial charge in [0.15, 0.2) is 0 Å². The van der Waals surface area contributed by atoms with Gasteiger partial charge < -0.3 is 0 Å². The van der Waals surface area contributed by atoms with Gasteiger partial charge in [0.25, 0.3) is 0 Å². The third kappa shape index (κ3) is 1.96. The number of nitriles is 1. The highest BCUT2D eigenvalue weighted by Gasteiger charge is 2.03. The summed E-state index contributed by atoms with van der Waals surface area (Å²) in [5, 5.41) is 12.9. The SMILES string of the molecule is Cc1ccc(-n2ccc(CC#N)n2)c(C)c1. The van der Waals surface area contributed by atoms with Crippen LogP contribution in [0.1, 0.15) is 16.8 Å². The number of aryl methyl sites for hydroxylation is 2. The van der Waals surface area contributed by atoms with Crippen molar-refractivity contribution in [3.05, 3.63) is 47.3 Å². The summed E-state index contributed by atoms with van der Waals surface area (Å²) in [5.41, 5.74) is 4.30. The van der Waals surface area contributed by atoms with Crippen molar-refractivity contribution >= 4 is 0 Å². The quantitative estimate of drug-likeness (QED) is 0.766. The Morgan fingerprint density at radius 2 is 2.12 bits per heavy atom. The van der Waals surface area contributed by atoms with Gasteiger partial charge in [0.2, 0.25) is 0 Å². The van der Waals surface area contributed by atoms with Gasteiger partial charge in [-0.25, -0.2) is 4.68 Å². The Morgan fingerprint density at radius 3 is 2.81 bits per heavy atom. The fourth-order valence-corrected chi connectivity index (χ4v) is 1.73. The van der Waals surface area contributed by atoms with Gasteiger partial charge in [-0.3, -0.25) is 0 Å². The lowest BCUT2D eigenvalue weighted by Gasteiger charge is -2.06. The average Bonchev–Trinajstić information content (AvgIpc) is 2.67. The lowest BCUT2D eigenvalue weighted by Crippen LogP contribution is -1.98. The summed E-state index contributed by atoms with van der Waals surface area (Å²) in [5.74, 6) is 0. The minimum Gasteiger partial charge on any atom is -0.240 e. The summed E-state index contributed by atoms with van der Waals surface area (Å²) in [7, 11) is 0. The third-order valence-electron chi connectivity index (χ3n) is 2.50. The van der Waals surface area contributed by atoms with E-state index in [4.69, 9.17) is 5.26 Å². The van der Waals surface area contributed by atoms with Gasteiger partial charge in [-0.2, -0.15) is 10.4 Å². The molecule has 0 atom stereocenters. The van der Waals surface area contributed by atoms with Crippen molar-refractivity contribution in [3.63, 3.8) is 0 Å². The maximum Gasteiger partial charge on any atom is 0.0793 e. The average molecular weight is 211 g/mol. The summed E-state index contributed by atoms with van der Waals surface area (Å²) < 4.78 is 1.82. The van der Waals surface area contributed by atoms with Crippen LogP contribution in [0.4, 0.5) is 0 Å². The molecule has 1 aromatic carbocycles. The second-order valence-electron chi connectivity index (χ2n) is 3.88. The standard InChI is InChI=1S/C13H13N3/c1-10-3-4-13(11(2)9-10)16-8-6-12(15-16)5-7-14/h3-4,6,8-9H,5H2,1-2H3. The molecule has 0 aliphatic heterocycles. The van der Waals surface area contributed by atoms with Crippen molar-refractivity contribution in [1.82, 2.24) is 9.78 Å². The largest absolute Gasteiger partial charge is 0.240 e. The van der Waals surface area contributed by atoms with Gasteiger partial charge >= 0.3 is 0 Å². The fourth-order valence-electron chi connectivity index (χ4n) is 1.73. The Morgan fingerprint density at radius 1 is 1.31 bits per heavy atom. The van der Waals surface area contributed by atoms with Crippen LogP contribution in [0.5, 0.6) is 0 Å². The van der Waals surface area contributed by atoms with E-state index in [9.17, 15) is 0 Å². The number of aromatic nitrogens is 2. The van der Waals surface area contributed by atoms with E-state index in [1.807, 2.05) is 23.0 Å². The van der Waals surface area contributed by atoms with Crippen LogP contribution in [0.25, 0.3) is 5.69 Å². The number of hydrogen-bond donors (Lipinski definition) is 0. The molecule has 0 spiro atoms. The van der Waals surface area contributed by atoms with Gasteiger partial charge in [-0.05, 0) is 31.5 Å². The Kier molecular flexibility index (Phi) is 2.74. The van der Waals surface area contributed by atoms with Crippen molar-refractivity contribution in [3.8, 4) is 11.8 Å². The highest BCUT2D eigenvalue weighted by molar-refractivity contribution is 5.42.